The largest absolute Gasteiger partial charge is 0.338 e. The Balaban J connectivity index is 1.69. The zero-order chi connectivity index (χ0) is 14.1. The van der Waals surface area contributed by atoms with Crippen molar-refractivity contribution in [1.29, 1.82) is 0 Å². The van der Waals surface area contributed by atoms with Crippen molar-refractivity contribution in [2.24, 2.45) is 11.7 Å². The highest BCUT2D eigenvalue weighted by Crippen LogP contribution is 2.20. The molecular formula is C14H17ClN4O. The van der Waals surface area contributed by atoms with Crippen LogP contribution in [0.15, 0.2) is 28.8 Å². The Morgan fingerprint density at radius 2 is 2.10 bits per heavy atom. The van der Waals surface area contributed by atoms with Crippen molar-refractivity contribution in [2.75, 3.05) is 13.1 Å². The average molecular weight is 293 g/mol. The number of rotatable bonds is 3. The van der Waals surface area contributed by atoms with Crippen LogP contribution in [0.1, 0.15) is 12.8 Å². The monoisotopic (exact) mass is 292 g/mol. The van der Waals surface area contributed by atoms with Crippen molar-refractivity contribution in [1.82, 2.24) is 15.0 Å². The highest BCUT2D eigenvalue weighted by Gasteiger charge is 2.27. The maximum Gasteiger partial charge on any atom is 0.241 e. The smallest absolute Gasteiger partial charge is 0.241 e. The van der Waals surface area contributed by atoms with Crippen LogP contribution in [-0.4, -0.2) is 34.2 Å². The highest BCUT2D eigenvalue weighted by atomic mass is 35.5. The Hall–Kier alpha value is -1.43. The highest BCUT2D eigenvalue weighted by molar-refractivity contribution is 6.30. The number of likely N-dealkylation sites (tertiary alicyclic amines) is 1. The van der Waals surface area contributed by atoms with Crippen LogP contribution in [0.25, 0.3) is 11.4 Å². The molecule has 1 fully saturated rings. The van der Waals surface area contributed by atoms with Crippen molar-refractivity contribution in [3.05, 3.63) is 35.2 Å². The van der Waals surface area contributed by atoms with Gasteiger partial charge >= 0.3 is 0 Å². The minimum Gasteiger partial charge on any atom is -0.338 e. The maximum atomic E-state index is 6.01. The van der Waals surface area contributed by atoms with E-state index in [-0.39, 0.29) is 6.04 Å². The molecule has 0 radical (unpaired) electrons. The Kier molecular flexibility index (Phi) is 3.74. The van der Waals surface area contributed by atoms with Gasteiger partial charge in [-0.05, 0) is 30.2 Å². The molecule has 1 saturated heterocycles. The molecule has 2 atom stereocenters. The van der Waals surface area contributed by atoms with Gasteiger partial charge in [-0.3, -0.25) is 4.90 Å². The van der Waals surface area contributed by atoms with Crippen LogP contribution in [0.3, 0.4) is 0 Å². The molecule has 2 heterocycles. The molecule has 0 bridgehead atoms. The van der Waals surface area contributed by atoms with Crippen LogP contribution >= 0.6 is 11.6 Å². The molecule has 3 rings (SSSR count). The molecule has 1 aromatic carbocycles. The van der Waals surface area contributed by atoms with E-state index < -0.39 is 0 Å². The molecule has 2 unspecified atom stereocenters. The third kappa shape index (κ3) is 2.85. The number of hydrogen-bond acceptors (Lipinski definition) is 5. The molecule has 106 valence electrons. The summed E-state index contributed by atoms with van der Waals surface area (Å²) >= 11 is 5.86. The predicted octanol–water partition coefficient (Wildman–Crippen LogP) is 2.17. The number of benzene rings is 1. The first-order valence-electron chi connectivity index (χ1n) is 6.68. The van der Waals surface area contributed by atoms with Crippen LogP contribution in [-0.2, 0) is 6.54 Å². The van der Waals surface area contributed by atoms with E-state index in [1.54, 1.807) is 0 Å². The Bertz CT molecular complexity index is 573. The van der Waals surface area contributed by atoms with E-state index in [0.29, 0.717) is 29.2 Å². The Morgan fingerprint density at radius 1 is 1.35 bits per heavy atom. The van der Waals surface area contributed by atoms with Crippen molar-refractivity contribution in [2.45, 2.75) is 19.5 Å². The molecule has 2 N–H and O–H groups in total. The molecule has 0 saturated carbocycles. The summed E-state index contributed by atoms with van der Waals surface area (Å²) in [4.78, 5) is 6.66. The summed E-state index contributed by atoms with van der Waals surface area (Å²) in [6.07, 6.45) is 0. The first kappa shape index (κ1) is 13.5. The van der Waals surface area contributed by atoms with Gasteiger partial charge in [0.05, 0.1) is 6.54 Å². The van der Waals surface area contributed by atoms with Gasteiger partial charge in [0.25, 0.3) is 0 Å². The van der Waals surface area contributed by atoms with Crippen LogP contribution in [0.4, 0.5) is 0 Å². The van der Waals surface area contributed by atoms with Gasteiger partial charge < -0.3 is 10.3 Å². The van der Waals surface area contributed by atoms with E-state index in [1.807, 2.05) is 24.3 Å². The normalized spacial score (nSPS) is 23.4. The standard InChI is InChI=1S/C14H17ClN4O/c1-9-6-19(7-12(9)16)8-13-17-14(18-20-13)10-2-4-11(15)5-3-10/h2-5,9,12H,6-8,16H2,1H3. The fourth-order valence-corrected chi connectivity index (χ4v) is 2.58. The summed E-state index contributed by atoms with van der Waals surface area (Å²) in [5.41, 5.74) is 6.91. The maximum absolute atomic E-state index is 6.01. The summed E-state index contributed by atoms with van der Waals surface area (Å²) in [6, 6.07) is 7.62. The topological polar surface area (TPSA) is 68.2 Å². The lowest BCUT2D eigenvalue weighted by molar-refractivity contribution is 0.261. The van der Waals surface area contributed by atoms with Crippen LogP contribution in [0.5, 0.6) is 0 Å². The minimum atomic E-state index is 0.230. The van der Waals surface area contributed by atoms with E-state index in [4.69, 9.17) is 21.9 Å². The fraction of sp³-hybridized carbons (Fsp3) is 0.429. The molecule has 0 amide bonds. The second-order valence-electron chi connectivity index (χ2n) is 5.35. The second kappa shape index (κ2) is 5.52. The molecule has 1 aliphatic heterocycles. The number of halogens is 1. The Labute approximate surface area is 122 Å². The van der Waals surface area contributed by atoms with Gasteiger partial charge in [-0.1, -0.05) is 23.7 Å². The van der Waals surface area contributed by atoms with Gasteiger partial charge in [0, 0.05) is 29.7 Å². The zero-order valence-corrected chi connectivity index (χ0v) is 12.0. The summed E-state index contributed by atoms with van der Waals surface area (Å²) in [6.45, 7) is 4.66. The zero-order valence-electron chi connectivity index (χ0n) is 11.3. The lowest BCUT2D eigenvalue weighted by atomic mass is 10.1. The number of nitrogens with zero attached hydrogens (tertiary/aromatic N) is 3. The van der Waals surface area contributed by atoms with Gasteiger partial charge in [0.2, 0.25) is 11.7 Å². The molecule has 5 nitrogen and oxygen atoms in total. The average Bonchev–Trinajstić information content (AvgIpc) is 2.99. The van der Waals surface area contributed by atoms with Gasteiger partial charge in [0.15, 0.2) is 0 Å². The molecular weight excluding hydrogens is 276 g/mol. The molecule has 0 aliphatic carbocycles. The number of nitrogens with two attached hydrogens (primary N) is 1. The molecule has 1 aliphatic rings. The van der Waals surface area contributed by atoms with E-state index >= 15 is 0 Å². The van der Waals surface area contributed by atoms with Crippen LogP contribution < -0.4 is 5.73 Å². The van der Waals surface area contributed by atoms with Crippen molar-refractivity contribution in [3.8, 4) is 11.4 Å². The van der Waals surface area contributed by atoms with E-state index in [9.17, 15) is 0 Å². The molecule has 1 aromatic heterocycles. The van der Waals surface area contributed by atoms with Gasteiger partial charge in [-0.15, -0.1) is 0 Å². The first-order chi connectivity index (χ1) is 9.61. The third-order valence-corrected chi connectivity index (χ3v) is 3.93. The first-order valence-corrected chi connectivity index (χ1v) is 7.06. The van der Waals surface area contributed by atoms with Crippen LogP contribution in [0, 0.1) is 5.92 Å². The molecule has 20 heavy (non-hydrogen) atoms. The molecule has 2 aromatic rings. The van der Waals surface area contributed by atoms with E-state index in [1.165, 1.54) is 0 Å². The van der Waals surface area contributed by atoms with Crippen molar-refractivity contribution >= 4 is 11.6 Å². The quantitative estimate of drug-likeness (QED) is 0.939. The van der Waals surface area contributed by atoms with Gasteiger partial charge in [-0.2, -0.15) is 4.98 Å². The van der Waals surface area contributed by atoms with E-state index in [2.05, 4.69) is 22.0 Å². The minimum absolute atomic E-state index is 0.230. The van der Waals surface area contributed by atoms with Gasteiger partial charge in [-0.25, -0.2) is 0 Å². The fourth-order valence-electron chi connectivity index (χ4n) is 2.45. The number of hydrogen-bond donors (Lipinski definition) is 1. The third-order valence-electron chi connectivity index (χ3n) is 3.68. The summed E-state index contributed by atoms with van der Waals surface area (Å²) in [5, 5.41) is 4.70. The lowest BCUT2D eigenvalue weighted by Crippen LogP contribution is -2.28. The lowest BCUT2D eigenvalue weighted by Gasteiger charge is -2.11. The molecule has 6 heteroatoms. The van der Waals surface area contributed by atoms with E-state index in [0.717, 1.165) is 18.7 Å². The van der Waals surface area contributed by atoms with Crippen LogP contribution in [0.2, 0.25) is 5.02 Å². The predicted molar refractivity (Wildman–Crippen MR) is 77.2 cm³/mol. The SMILES string of the molecule is CC1CN(Cc2nc(-c3ccc(Cl)cc3)no2)CC1N. The summed E-state index contributed by atoms with van der Waals surface area (Å²) in [7, 11) is 0. The summed E-state index contributed by atoms with van der Waals surface area (Å²) in [5.74, 6) is 1.72. The number of aromatic nitrogens is 2. The van der Waals surface area contributed by atoms with Crippen molar-refractivity contribution < 1.29 is 4.52 Å². The molecule has 0 spiro atoms. The van der Waals surface area contributed by atoms with Gasteiger partial charge in [0.1, 0.15) is 0 Å². The Morgan fingerprint density at radius 3 is 2.75 bits per heavy atom. The second-order valence-corrected chi connectivity index (χ2v) is 5.79. The summed E-state index contributed by atoms with van der Waals surface area (Å²) < 4.78 is 5.31. The van der Waals surface area contributed by atoms with Crippen molar-refractivity contribution in [3.63, 3.8) is 0 Å².